The molecule has 0 saturated heterocycles. The van der Waals surface area contributed by atoms with Crippen LogP contribution in [-0.4, -0.2) is 31.7 Å². The summed E-state index contributed by atoms with van der Waals surface area (Å²) >= 11 is 0. The van der Waals surface area contributed by atoms with Gasteiger partial charge in [-0.25, -0.2) is 13.4 Å². The van der Waals surface area contributed by atoms with Gasteiger partial charge >= 0.3 is 29.6 Å². The van der Waals surface area contributed by atoms with Gasteiger partial charge in [0, 0.05) is 11.8 Å². The minimum Gasteiger partial charge on any atom is -0.744 e. The molecule has 1 aliphatic rings. The fraction of sp³-hybridized carbons (Fsp3) is 0.548. The number of rotatable bonds is 19. The van der Waals surface area contributed by atoms with Crippen molar-refractivity contribution in [1.82, 2.24) is 0 Å². The number of hydrogen-bond acceptors (Lipinski definition) is 6. The van der Waals surface area contributed by atoms with E-state index >= 15 is 0 Å². The van der Waals surface area contributed by atoms with Gasteiger partial charge in [0.2, 0.25) is 0 Å². The Kier molecular flexibility index (Phi) is 16.1. The van der Waals surface area contributed by atoms with Crippen molar-refractivity contribution in [3.8, 4) is 5.75 Å². The molecule has 9 heteroatoms. The van der Waals surface area contributed by atoms with Crippen molar-refractivity contribution in [2.24, 2.45) is 5.10 Å². The molecule has 0 fully saturated rings. The molecule has 2 aromatic rings. The Morgan fingerprint density at radius 2 is 1.32 bits per heavy atom. The zero-order chi connectivity index (χ0) is 27.9. The number of benzene rings is 2. The molecule has 0 bridgehead atoms. The predicted molar refractivity (Wildman–Crippen MR) is 155 cm³/mol. The number of ether oxygens (including phenoxy) is 1. The second-order valence-electron chi connectivity index (χ2n) is 10.3. The third-order valence-corrected chi connectivity index (χ3v) is 8.04. The minimum absolute atomic E-state index is 0. The molecule has 1 heterocycles. The minimum atomic E-state index is -4.55. The van der Waals surface area contributed by atoms with E-state index in [1.165, 1.54) is 106 Å². The molecule has 2 aromatic carbocycles. The van der Waals surface area contributed by atoms with Crippen molar-refractivity contribution < 1.29 is 52.1 Å². The van der Waals surface area contributed by atoms with Crippen LogP contribution in [0.5, 0.6) is 5.75 Å². The van der Waals surface area contributed by atoms with E-state index < -0.39 is 16.0 Å². The molecule has 214 valence electrons. The molecule has 0 saturated carbocycles. The monoisotopic (exact) mass is 578 g/mol. The van der Waals surface area contributed by atoms with E-state index in [4.69, 9.17) is 4.74 Å². The second kappa shape index (κ2) is 18.7. The number of amides is 1. The van der Waals surface area contributed by atoms with Crippen molar-refractivity contribution >= 4 is 27.9 Å². The van der Waals surface area contributed by atoms with Gasteiger partial charge in [0.15, 0.2) is 0 Å². The van der Waals surface area contributed by atoms with E-state index in [-0.39, 0.29) is 40.4 Å². The first-order valence-corrected chi connectivity index (χ1v) is 16.0. The summed E-state index contributed by atoms with van der Waals surface area (Å²) in [6.07, 6.45) is 19.8. The van der Waals surface area contributed by atoms with Crippen molar-refractivity contribution in [2.75, 3.05) is 11.6 Å². The summed E-state index contributed by atoms with van der Waals surface area (Å²) in [6.45, 7) is 2.86. The predicted octanol–water partition coefficient (Wildman–Crippen LogP) is 4.57. The second-order valence-corrected chi connectivity index (χ2v) is 11.7. The molecule has 7 nitrogen and oxygen atoms in total. The number of hydrazone groups is 1. The maximum Gasteiger partial charge on any atom is 1.00 e. The fourth-order valence-corrected chi connectivity index (χ4v) is 5.36. The van der Waals surface area contributed by atoms with Crippen LogP contribution in [0, 0.1) is 0 Å². The van der Waals surface area contributed by atoms with Crippen molar-refractivity contribution in [3.05, 3.63) is 54.1 Å². The molecule has 0 N–H and O–H groups in total. The van der Waals surface area contributed by atoms with Crippen molar-refractivity contribution in [1.29, 1.82) is 0 Å². The Morgan fingerprint density at radius 3 is 1.88 bits per heavy atom. The van der Waals surface area contributed by atoms with Crippen LogP contribution in [0.3, 0.4) is 0 Å². The van der Waals surface area contributed by atoms with E-state index in [2.05, 4.69) is 12.0 Å². The van der Waals surface area contributed by atoms with Gasteiger partial charge in [-0.3, -0.25) is 4.79 Å². The number of carbonyl (C=O) groups excluding carboxylic acids is 1. The molecule has 1 amide bonds. The third-order valence-electron chi connectivity index (χ3n) is 7.19. The first-order valence-electron chi connectivity index (χ1n) is 14.6. The zero-order valence-electron chi connectivity index (χ0n) is 24.2. The maximum atomic E-state index is 13.1. The third kappa shape index (κ3) is 11.3. The van der Waals surface area contributed by atoms with Gasteiger partial charge in [-0.05, 0) is 36.8 Å². The summed E-state index contributed by atoms with van der Waals surface area (Å²) in [5.74, 6) is -0.188. The summed E-state index contributed by atoms with van der Waals surface area (Å²) < 4.78 is 39.6. The summed E-state index contributed by atoms with van der Waals surface area (Å²) in [4.78, 5) is 12.8. The number of hydrogen-bond donors (Lipinski definition) is 0. The fourth-order valence-electron chi connectivity index (χ4n) is 4.89. The topological polar surface area (TPSA) is 99.1 Å². The Bertz CT molecular complexity index is 1150. The van der Waals surface area contributed by atoms with Crippen LogP contribution < -0.4 is 39.3 Å². The Morgan fingerprint density at radius 1 is 0.800 bits per heavy atom. The molecule has 0 radical (unpaired) electrons. The molecule has 0 aromatic heterocycles. The molecular formula is C31H43N2NaO5S. The zero-order valence-corrected chi connectivity index (χ0v) is 27.0. The Balaban J connectivity index is 0.00000560. The van der Waals surface area contributed by atoms with Crippen LogP contribution in [0.25, 0.3) is 0 Å². The SMILES string of the molecule is CCCCCCCCCCCCCCCCOc1ccccc1C1C=NN(c2ccc(S(=O)(=O)[O-])cc2)C1=O.[Na+]. The van der Waals surface area contributed by atoms with Crippen LogP contribution >= 0.6 is 0 Å². The van der Waals surface area contributed by atoms with Crippen LogP contribution in [0.4, 0.5) is 5.69 Å². The van der Waals surface area contributed by atoms with Crippen LogP contribution in [0.15, 0.2) is 58.5 Å². The number of anilines is 1. The van der Waals surface area contributed by atoms with Gasteiger partial charge in [-0.1, -0.05) is 109 Å². The average Bonchev–Trinajstić information content (AvgIpc) is 3.31. The van der Waals surface area contributed by atoms with Crippen LogP contribution in [0.2, 0.25) is 0 Å². The van der Waals surface area contributed by atoms with Gasteiger partial charge in [-0.2, -0.15) is 5.10 Å². The Hall–Kier alpha value is -1.71. The van der Waals surface area contributed by atoms with E-state index in [1.54, 1.807) is 6.21 Å². The van der Waals surface area contributed by atoms with E-state index in [0.29, 0.717) is 18.0 Å². The van der Waals surface area contributed by atoms with Crippen LogP contribution in [0.1, 0.15) is 108 Å². The number of nitrogens with zero attached hydrogens (tertiary/aromatic N) is 2. The van der Waals surface area contributed by atoms with Gasteiger partial charge in [0.1, 0.15) is 21.8 Å². The average molecular weight is 579 g/mol. The molecule has 3 rings (SSSR count). The molecule has 1 atom stereocenters. The first-order chi connectivity index (χ1) is 18.9. The summed E-state index contributed by atoms with van der Waals surface area (Å²) in [5.41, 5.74) is 1.14. The normalized spacial score (nSPS) is 14.9. The molecule has 0 spiro atoms. The van der Waals surface area contributed by atoms with Crippen molar-refractivity contribution in [2.45, 2.75) is 108 Å². The molecule has 40 heavy (non-hydrogen) atoms. The standard InChI is InChI=1S/C31H44N2O5S.Na/c1-2-3-4-5-6-7-8-9-10-11-12-13-14-17-24-38-30-19-16-15-18-28(30)29-25-32-33(31(29)34)26-20-22-27(23-21-26)39(35,36)37;/h15-16,18-23,25,29H,2-14,17,24H2,1H3,(H,35,36,37);/q;+1/p-1. The number of unbranched alkanes of at least 4 members (excludes halogenated alkanes) is 13. The summed E-state index contributed by atoms with van der Waals surface area (Å²) in [7, 11) is -4.55. The van der Waals surface area contributed by atoms with E-state index in [9.17, 15) is 17.8 Å². The largest absolute Gasteiger partial charge is 1.00 e. The van der Waals surface area contributed by atoms with Gasteiger partial charge in [-0.15, -0.1) is 0 Å². The molecule has 1 unspecified atom stereocenters. The quantitative estimate of drug-likeness (QED) is 0.138. The summed E-state index contributed by atoms with van der Waals surface area (Å²) in [6, 6.07) is 12.7. The maximum absolute atomic E-state index is 13.1. The Labute approximate surface area is 262 Å². The van der Waals surface area contributed by atoms with Gasteiger partial charge in [0.25, 0.3) is 5.91 Å². The molecule has 1 aliphatic heterocycles. The summed E-state index contributed by atoms with van der Waals surface area (Å²) in [5, 5.41) is 5.45. The molecule has 0 aliphatic carbocycles. The molecular weight excluding hydrogens is 535 g/mol. The van der Waals surface area contributed by atoms with E-state index in [1.807, 2.05) is 24.3 Å². The van der Waals surface area contributed by atoms with Crippen molar-refractivity contribution in [3.63, 3.8) is 0 Å². The van der Waals surface area contributed by atoms with Crippen LogP contribution in [-0.2, 0) is 14.9 Å². The van der Waals surface area contributed by atoms with E-state index in [0.717, 1.165) is 18.4 Å². The van der Waals surface area contributed by atoms with Gasteiger partial charge in [0.05, 0.1) is 17.2 Å². The first kappa shape index (κ1) is 34.5. The van der Waals surface area contributed by atoms with Gasteiger partial charge < -0.3 is 9.29 Å². The number of para-hydroxylation sites is 1. The smallest absolute Gasteiger partial charge is 0.744 e. The number of carbonyl (C=O) groups is 1.